The van der Waals surface area contributed by atoms with Crippen LogP contribution in [0.3, 0.4) is 0 Å². The Morgan fingerprint density at radius 3 is 2.24 bits per heavy atom. The maximum atomic E-state index is 13.9. The molecule has 3 nitrogen and oxygen atoms in total. The Hall–Kier alpha value is -1.13. The van der Waals surface area contributed by atoms with Gasteiger partial charge in [-0.15, -0.1) is 0 Å². The lowest BCUT2D eigenvalue weighted by atomic mass is 10.1. The highest BCUT2D eigenvalue weighted by Gasteiger charge is 2.09. The topological polar surface area (TPSA) is 18.5 Å². The molecule has 0 aliphatic rings. The van der Waals surface area contributed by atoms with Crippen molar-refractivity contribution in [2.45, 2.75) is 34.2 Å². The van der Waals surface area contributed by atoms with Crippen molar-refractivity contribution in [3.63, 3.8) is 0 Å². The minimum atomic E-state index is -0.134. The van der Waals surface area contributed by atoms with Crippen LogP contribution in [0.15, 0.2) is 18.2 Å². The Kier molecular flexibility index (Phi) is 8.31. The highest BCUT2D eigenvalue weighted by Crippen LogP contribution is 2.20. The Balaban J connectivity index is 2.54. The molecule has 0 aliphatic carbocycles. The summed E-state index contributed by atoms with van der Waals surface area (Å²) >= 11 is 0. The number of rotatable bonds is 10. The number of hydrogen-bond acceptors (Lipinski definition) is 3. The number of nitrogens with one attached hydrogen (secondary N) is 1. The zero-order valence-corrected chi connectivity index (χ0v) is 14.0. The molecule has 0 unspecified atom stereocenters. The average molecular weight is 295 g/mol. The molecule has 0 fully saturated rings. The summed E-state index contributed by atoms with van der Waals surface area (Å²) in [5.41, 5.74) is 1.85. The highest BCUT2D eigenvalue weighted by molar-refractivity contribution is 5.49. The molecule has 4 heteroatoms. The van der Waals surface area contributed by atoms with Crippen molar-refractivity contribution >= 4 is 5.69 Å². The van der Waals surface area contributed by atoms with E-state index in [9.17, 15) is 4.39 Å². The summed E-state index contributed by atoms with van der Waals surface area (Å²) in [6.45, 7) is 15.1. The Morgan fingerprint density at radius 2 is 1.67 bits per heavy atom. The monoisotopic (exact) mass is 295 g/mol. The van der Waals surface area contributed by atoms with Crippen molar-refractivity contribution in [2.75, 3.05) is 44.2 Å². The van der Waals surface area contributed by atoms with Gasteiger partial charge in [-0.3, -0.25) is 0 Å². The molecule has 0 atom stereocenters. The van der Waals surface area contributed by atoms with Crippen LogP contribution >= 0.6 is 0 Å². The highest BCUT2D eigenvalue weighted by atomic mass is 19.1. The van der Waals surface area contributed by atoms with Crippen molar-refractivity contribution in [2.24, 2.45) is 0 Å². The first-order valence-corrected chi connectivity index (χ1v) is 8.12. The van der Waals surface area contributed by atoms with E-state index in [4.69, 9.17) is 0 Å². The molecule has 0 bridgehead atoms. The van der Waals surface area contributed by atoms with Crippen LogP contribution in [0, 0.1) is 5.82 Å². The van der Waals surface area contributed by atoms with E-state index in [0.29, 0.717) is 5.69 Å². The molecule has 1 N–H and O–H groups in total. The number of anilines is 1. The molecule has 0 saturated heterocycles. The lowest BCUT2D eigenvalue weighted by Gasteiger charge is -2.22. The summed E-state index contributed by atoms with van der Waals surface area (Å²) in [6, 6.07) is 5.41. The van der Waals surface area contributed by atoms with Crippen molar-refractivity contribution in [3.05, 3.63) is 29.6 Å². The van der Waals surface area contributed by atoms with E-state index in [1.807, 2.05) is 12.1 Å². The number of likely N-dealkylation sites (N-methyl/N-ethyl adjacent to an activating group) is 1. The first-order valence-electron chi connectivity index (χ1n) is 8.12. The molecule has 1 aromatic rings. The summed E-state index contributed by atoms with van der Waals surface area (Å²) in [5.74, 6) is -0.134. The molecule has 0 radical (unpaired) electrons. The van der Waals surface area contributed by atoms with Crippen LogP contribution in [-0.2, 0) is 6.54 Å². The number of halogens is 1. The molecule has 21 heavy (non-hydrogen) atoms. The minimum Gasteiger partial charge on any atom is -0.370 e. The van der Waals surface area contributed by atoms with Gasteiger partial charge in [0.05, 0.1) is 5.69 Å². The van der Waals surface area contributed by atoms with Crippen LogP contribution < -0.4 is 10.2 Å². The van der Waals surface area contributed by atoms with E-state index < -0.39 is 0 Å². The van der Waals surface area contributed by atoms with Crippen LogP contribution in [-0.4, -0.2) is 44.2 Å². The van der Waals surface area contributed by atoms with Crippen LogP contribution in [0.5, 0.6) is 0 Å². The smallest absolute Gasteiger partial charge is 0.146 e. The minimum absolute atomic E-state index is 0.134. The van der Waals surface area contributed by atoms with Crippen molar-refractivity contribution in [3.8, 4) is 0 Å². The summed E-state index contributed by atoms with van der Waals surface area (Å²) in [4.78, 5) is 4.44. The number of benzene rings is 1. The zero-order chi connectivity index (χ0) is 15.7. The maximum absolute atomic E-state index is 13.9. The second-order valence-electron chi connectivity index (χ2n) is 5.16. The van der Waals surface area contributed by atoms with Crippen LogP contribution in [0.1, 0.15) is 33.3 Å². The summed E-state index contributed by atoms with van der Waals surface area (Å²) in [7, 11) is 0. The second kappa shape index (κ2) is 9.74. The van der Waals surface area contributed by atoms with Gasteiger partial charge in [0.25, 0.3) is 0 Å². The van der Waals surface area contributed by atoms with E-state index in [0.717, 1.165) is 51.4 Å². The standard InChI is InChI=1S/C17H30FN3/c1-5-20(6-2)12-11-19-14-15-9-10-16(18)17(13-15)21(7-3)8-4/h9-10,13,19H,5-8,11-12,14H2,1-4H3. The van der Waals surface area contributed by atoms with Gasteiger partial charge in [-0.1, -0.05) is 19.9 Å². The lowest BCUT2D eigenvalue weighted by Crippen LogP contribution is -2.31. The molecule has 0 aliphatic heterocycles. The Bertz CT molecular complexity index is 401. The molecule has 1 aromatic carbocycles. The second-order valence-corrected chi connectivity index (χ2v) is 5.16. The fourth-order valence-corrected chi connectivity index (χ4v) is 2.48. The lowest BCUT2D eigenvalue weighted by molar-refractivity contribution is 0.302. The van der Waals surface area contributed by atoms with Gasteiger partial charge in [-0.25, -0.2) is 4.39 Å². The quantitative estimate of drug-likeness (QED) is 0.669. The molecular weight excluding hydrogens is 265 g/mol. The van der Waals surface area contributed by atoms with E-state index in [-0.39, 0.29) is 5.82 Å². The summed E-state index contributed by atoms with van der Waals surface area (Å²) in [6.07, 6.45) is 0. The fourth-order valence-electron chi connectivity index (χ4n) is 2.48. The summed E-state index contributed by atoms with van der Waals surface area (Å²) < 4.78 is 13.9. The van der Waals surface area contributed by atoms with Gasteiger partial charge in [-0.2, -0.15) is 0 Å². The van der Waals surface area contributed by atoms with Crippen LogP contribution in [0.4, 0.5) is 10.1 Å². The van der Waals surface area contributed by atoms with Gasteiger partial charge in [0.1, 0.15) is 5.82 Å². The van der Waals surface area contributed by atoms with Gasteiger partial charge in [0.2, 0.25) is 0 Å². The van der Waals surface area contributed by atoms with Gasteiger partial charge >= 0.3 is 0 Å². The molecule has 120 valence electrons. The maximum Gasteiger partial charge on any atom is 0.146 e. The van der Waals surface area contributed by atoms with Gasteiger partial charge in [0.15, 0.2) is 0 Å². The third-order valence-electron chi connectivity index (χ3n) is 3.94. The molecule has 0 spiro atoms. The largest absolute Gasteiger partial charge is 0.370 e. The SMILES string of the molecule is CCN(CC)CCNCc1ccc(F)c(N(CC)CC)c1. The van der Waals surface area contributed by atoms with Crippen molar-refractivity contribution in [1.29, 1.82) is 0 Å². The number of nitrogens with zero attached hydrogens (tertiary/aromatic N) is 2. The molecule has 0 amide bonds. The summed E-state index contributed by atoms with van der Waals surface area (Å²) in [5, 5.41) is 3.44. The average Bonchev–Trinajstić information content (AvgIpc) is 2.51. The first-order chi connectivity index (χ1) is 10.2. The molecule has 0 aromatic heterocycles. The van der Waals surface area contributed by atoms with Crippen molar-refractivity contribution in [1.82, 2.24) is 10.2 Å². The Morgan fingerprint density at radius 1 is 1.00 bits per heavy atom. The first kappa shape index (κ1) is 17.9. The third kappa shape index (κ3) is 5.64. The van der Waals surface area contributed by atoms with Gasteiger partial charge in [-0.05, 0) is 44.6 Å². The molecule has 0 heterocycles. The van der Waals surface area contributed by atoms with Gasteiger partial charge in [0, 0.05) is 32.7 Å². The van der Waals surface area contributed by atoms with E-state index >= 15 is 0 Å². The predicted molar refractivity (Wildman–Crippen MR) is 89.5 cm³/mol. The van der Waals surface area contributed by atoms with Crippen LogP contribution in [0.2, 0.25) is 0 Å². The zero-order valence-electron chi connectivity index (χ0n) is 14.0. The Labute approximate surface area is 129 Å². The van der Waals surface area contributed by atoms with Crippen molar-refractivity contribution < 1.29 is 4.39 Å². The fraction of sp³-hybridized carbons (Fsp3) is 0.647. The molecule has 1 rings (SSSR count). The predicted octanol–water partition coefficient (Wildman–Crippen LogP) is 3.10. The molecular formula is C17H30FN3. The van der Waals surface area contributed by atoms with E-state index in [1.165, 1.54) is 0 Å². The normalized spacial score (nSPS) is 11.1. The number of hydrogen-bond donors (Lipinski definition) is 1. The molecule has 0 saturated carbocycles. The van der Waals surface area contributed by atoms with Crippen LogP contribution in [0.25, 0.3) is 0 Å². The van der Waals surface area contributed by atoms with E-state index in [2.05, 4.69) is 42.8 Å². The third-order valence-corrected chi connectivity index (χ3v) is 3.94. The van der Waals surface area contributed by atoms with Gasteiger partial charge < -0.3 is 15.1 Å². The van der Waals surface area contributed by atoms with E-state index in [1.54, 1.807) is 6.07 Å².